The Bertz CT molecular complexity index is 1010. The van der Waals surface area contributed by atoms with E-state index in [1.165, 1.54) is 17.4 Å². The average Bonchev–Trinajstić information content (AvgIpc) is 3.55. The summed E-state index contributed by atoms with van der Waals surface area (Å²) in [6.07, 6.45) is 4.09. The monoisotopic (exact) mass is 536 g/mol. The largest absolute Gasteiger partial charge is 0.480 e. The molecule has 16 heteroatoms. The number of carboxylic acids is 1. The number of nitrogens with two attached hydrogens (primary N) is 4. The van der Waals surface area contributed by atoms with Gasteiger partial charge in [0, 0.05) is 37.8 Å². The molecule has 0 bridgehead atoms. The molecule has 1 fully saturated rings. The molecule has 1 aromatic rings. The van der Waals surface area contributed by atoms with Crippen molar-refractivity contribution in [1.82, 2.24) is 25.5 Å². The van der Waals surface area contributed by atoms with E-state index < -0.39 is 53.8 Å². The molecule has 1 aliphatic rings. The number of aliphatic carboxylic acids is 1. The number of aromatic amines is 1. The molecule has 38 heavy (non-hydrogen) atoms. The van der Waals surface area contributed by atoms with Crippen LogP contribution in [-0.2, 0) is 30.4 Å². The first-order valence-electron chi connectivity index (χ1n) is 12.2. The van der Waals surface area contributed by atoms with E-state index in [1.807, 2.05) is 0 Å². The molecule has 2 rings (SSSR count). The van der Waals surface area contributed by atoms with Crippen LogP contribution in [0.3, 0.4) is 0 Å². The van der Waals surface area contributed by atoms with Crippen LogP contribution in [0.5, 0.6) is 0 Å². The summed E-state index contributed by atoms with van der Waals surface area (Å²) in [6, 6.07) is -4.29. The van der Waals surface area contributed by atoms with Crippen molar-refractivity contribution >= 4 is 35.6 Å². The maximum absolute atomic E-state index is 13.5. The van der Waals surface area contributed by atoms with E-state index in [4.69, 9.17) is 22.9 Å². The third kappa shape index (κ3) is 9.34. The Labute approximate surface area is 219 Å². The van der Waals surface area contributed by atoms with Crippen molar-refractivity contribution in [3.8, 4) is 0 Å². The van der Waals surface area contributed by atoms with E-state index in [0.29, 0.717) is 25.0 Å². The second-order valence-corrected chi connectivity index (χ2v) is 8.99. The summed E-state index contributed by atoms with van der Waals surface area (Å²) in [6.45, 7) is 0.439. The molecule has 2 heterocycles. The number of rotatable bonds is 15. The first-order valence-corrected chi connectivity index (χ1v) is 12.2. The summed E-state index contributed by atoms with van der Waals surface area (Å²) < 4.78 is 0. The van der Waals surface area contributed by atoms with Crippen LogP contribution in [0.2, 0.25) is 0 Å². The molecule has 210 valence electrons. The van der Waals surface area contributed by atoms with Crippen LogP contribution >= 0.6 is 0 Å². The van der Waals surface area contributed by atoms with Crippen molar-refractivity contribution in [1.29, 1.82) is 0 Å². The van der Waals surface area contributed by atoms with E-state index in [9.17, 15) is 29.1 Å². The highest BCUT2D eigenvalue weighted by Gasteiger charge is 2.39. The van der Waals surface area contributed by atoms with Crippen molar-refractivity contribution < 1.29 is 29.1 Å². The molecule has 4 unspecified atom stereocenters. The maximum atomic E-state index is 13.5. The minimum absolute atomic E-state index is 0.000636. The Kier molecular flexibility index (Phi) is 11.5. The molecule has 0 aromatic carbocycles. The third-order valence-electron chi connectivity index (χ3n) is 6.03. The van der Waals surface area contributed by atoms with Gasteiger partial charge in [-0.05, 0) is 32.1 Å². The zero-order valence-electron chi connectivity index (χ0n) is 21.0. The number of amides is 4. The van der Waals surface area contributed by atoms with Crippen LogP contribution in [0.25, 0.3) is 0 Å². The van der Waals surface area contributed by atoms with E-state index >= 15 is 0 Å². The predicted octanol–water partition coefficient (Wildman–Crippen LogP) is -3.36. The third-order valence-corrected chi connectivity index (χ3v) is 6.03. The number of imidazole rings is 1. The molecule has 1 aromatic heterocycles. The minimum atomic E-state index is -1.23. The predicted molar refractivity (Wildman–Crippen MR) is 135 cm³/mol. The Morgan fingerprint density at radius 2 is 1.89 bits per heavy atom. The smallest absolute Gasteiger partial charge is 0.326 e. The van der Waals surface area contributed by atoms with E-state index in [-0.39, 0.29) is 44.7 Å². The standard InChI is InChI=1S/C22H36N10O6/c23-13(5-6-17(24)33)18(34)31-15(9-12-10-27-11-29-12)20(36)32-8-2-4-16(32)19(35)30-14(21(37)38)3-1-7-28-22(25)26/h10-11,13-16H,1-9,23H2,(H2,24,33)(H,27,29)(H,30,35)(H,31,34)(H,37,38)(H4,25,26,28). The number of carboxylic acid groups (broad SMARTS) is 1. The second kappa shape index (κ2) is 14.5. The Morgan fingerprint density at radius 1 is 1.16 bits per heavy atom. The van der Waals surface area contributed by atoms with Gasteiger partial charge in [0.25, 0.3) is 0 Å². The molecular formula is C22H36N10O6. The van der Waals surface area contributed by atoms with E-state index in [0.717, 1.165) is 0 Å². The van der Waals surface area contributed by atoms with Gasteiger partial charge >= 0.3 is 5.97 Å². The number of primary amides is 1. The quantitative estimate of drug-likeness (QED) is 0.0626. The van der Waals surface area contributed by atoms with Crippen LogP contribution < -0.4 is 33.6 Å². The van der Waals surface area contributed by atoms with Gasteiger partial charge < -0.3 is 48.6 Å². The number of carbonyl (C=O) groups excluding carboxylic acids is 4. The fourth-order valence-corrected chi connectivity index (χ4v) is 4.06. The zero-order valence-corrected chi connectivity index (χ0v) is 21.0. The van der Waals surface area contributed by atoms with Gasteiger partial charge in [0.1, 0.15) is 18.1 Å². The molecule has 0 saturated carbocycles. The maximum Gasteiger partial charge on any atom is 0.326 e. The van der Waals surface area contributed by atoms with Gasteiger partial charge in [0.2, 0.25) is 23.6 Å². The Balaban J connectivity index is 2.11. The van der Waals surface area contributed by atoms with Gasteiger partial charge in [-0.1, -0.05) is 0 Å². The summed E-state index contributed by atoms with van der Waals surface area (Å²) in [4.78, 5) is 73.8. The van der Waals surface area contributed by atoms with E-state index in [2.05, 4.69) is 25.6 Å². The van der Waals surface area contributed by atoms with Crippen LogP contribution in [0.15, 0.2) is 17.5 Å². The number of aliphatic imine (C=N–C) groups is 1. The zero-order chi connectivity index (χ0) is 28.2. The summed E-state index contributed by atoms with van der Waals surface area (Å²) in [5.74, 6) is -3.77. The number of hydrogen-bond acceptors (Lipinski definition) is 8. The van der Waals surface area contributed by atoms with Gasteiger partial charge in [-0.2, -0.15) is 0 Å². The van der Waals surface area contributed by atoms with Crippen molar-refractivity contribution in [3.05, 3.63) is 18.2 Å². The number of nitrogens with one attached hydrogen (secondary N) is 3. The molecule has 0 radical (unpaired) electrons. The summed E-state index contributed by atoms with van der Waals surface area (Å²) in [7, 11) is 0. The van der Waals surface area contributed by atoms with Crippen LogP contribution in [0.1, 0.15) is 44.2 Å². The molecule has 12 N–H and O–H groups in total. The second-order valence-electron chi connectivity index (χ2n) is 8.99. The van der Waals surface area contributed by atoms with Gasteiger partial charge in [-0.3, -0.25) is 24.2 Å². The Morgan fingerprint density at radius 3 is 2.50 bits per heavy atom. The SMILES string of the molecule is NC(=O)CCC(N)C(=O)NC(Cc1cnc[nH]1)C(=O)N1CCCC1C(=O)NC(CCCN=C(N)N)C(=O)O. The number of H-pyrrole nitrogens is 1. The van der Waals surface area contributed by atoms with Gasteiger partial charge in [-0.25, -0.2) is 9.78 Å². The fraction of sp³-hybridized carbons (Fsp3) is 0.591. The molecule has 4 amide bonds. The number of aromatic nitrogens is 2. The van der Waals surface area contributed by atoms with Gasteiger partial charge in [-0.15, -0.1) is 0 Å². The van der Waals surface area contributed by atoms with Crippen LogP contribution in [-0.4, -0.2) is 92.8 Å². The lowest BCUT2D eigenvalue weighted by atomic mass is 10.1. The lowest BCUT2D eigenvalue weighted by Crippen LogP contribution is -2.57. The molecule has 0 aliphatic carbocycles. The number of guanidine groups is 1. The normalized spacial score (nSPS) is 17.2. The highest BCUT2D eigenvalue weighted by atomic mass is 16.4. The number of nitrogens with zero attached hydrogens (tertiary/aromatic N) is 3. The number of carbonyl (C=O) groups is 5. The molecule has 16 nitrogen and oxygen atoms in total. The van der Waals surface area contributed by atoms with Crippen molar-refractivity contribution in [2.75, 3.05) is 13.1 Å². The topological polar surface area (TPSA) is 278 Å². The lowest BCUT2D eigenvalue weighted by Gasteiger charge is -2.30. The molecule has 0 spiro atoms. The van der Waals surface area contributed by atoms with Gasteiger partial charge in [0.15, 0.2) is 5.96 Å². The number of hydrogen-bond donors (Lipinski definition) is 8. The fourth-order valence-electron chi connectivity index (χ4n) is 4.06. The first-order chi connectivity index (χ1) is 18.0. The average molecular weight is 537 g/mol. The number of likely N-dealkylation sites (tertiary alicyclic amines) is 1. The van der Waals surface area contributed by atoms with Crippen molar-refractivity contribution in [3.63, 3.8) is 0 Å². The molecule has 1 aliphatic heterocycles. The van der Waals surface area contributed by atoms with E-state index in [1.54, 1.807) is 0 Å². The highest BCUT2D eigenvalue weighted by molar-refractivity contribution is 5.94. The lowest BCUT2D eigenvalue weighted by molar-refractivity contribution is -0.145. The summed E-state index contributed by atoms with van der Waals surface area (Å²) in [5, 5.41) is 14.6. The van der Waals surface area contributed by atoms with Gasteiger partial charge in [0.05, 0.1) is 12.4 Å². The molecular weight excluding hydrogens is 500 g/mol. The first kappa shape index (κ1) is 30.0. The minimum Gasteiger partial charge on any atom is -0.480 e. The van der Waals surface area contributed by atoms with Crippen molar-refractivity contribution in [2.24, 2.45) is 27.9 Å². The van der Waals surface area contributed by atoms with Crippen LogP contribution in [0.4, 0.5) is 0 Å². The Hall–Kier alpha value is -4.21. The molecule has 1 saturated heterocycles. The van der Waals surface area contributed by atoms with Crippen molar-refractivity contribution in [2.45, 2.75) is 69.1 Å². The molecule has 4 atom stereocenters. The summed E-state index contributed by atoms with van der Waals surface area (Å²) in [5.41, 5.74) is 22.1. The summed E-state index contributed by atoms with van der Waals surface area (Å²) >= 11 is 0. The highest BCUT2D eigenvalue weighted by Crippen LogP contribution is 2.20. The van der Waals surface area contributed by atoms with Crippen LogP contribution in [0, 0.1) is 0 Å².